The lowest BCUT2D eigenvalue weighted by Crippen LogP contribution is -2.27. The van der Waals surface area contributed by atoms with Gasteiger partial charge in [-0.2, -0.15) is 0 Å². The Morgan fingerprint density at radius 2 is 1.39 bits per heavy atom. The number of benzene rings is 3. The quantitative estimate of drug-likeness (QED) is 0.413. The van der Waals surface area contributed by atoms with Crippen molar-refractivity contribution in [3.63, 3.8) is 0 Å². The van der Waals surface area contributed by atoms with Gasteiger partial charge in [0.05, 0.1) is 53.0 Å². The largest absolute Gasteiger partial charge is 0.493 e. The summed E-state index contributed by atoms with van der Waals surface area (Å²) < 4.78 is 27.9. The predicted molar refractivity (Wildman–Crippen MR) is 146 cm³/mol. The van der Waals surface area contributed by atoms with Crippen LogP contribution >= 0.6 is 0 Å². The summed E-state index contributed by atoms with van der Waals surface area (Å²) in [4.78, 5) is 14.0. The molecule has 8 nitrogen and oxygen atoms in total. The number of hydrogen-bond donors (Lipinski definition) is 2. The van der Waals surface area contributed by atoms with Crippen LogP contribution in [0.5, 0.6) is 28.7 Å². The van der Waals surface area contributed by atoms with Gasteiger partial charge >= 0.3 is 0 Å². The van der Waals surface area contributed by atoms with E-state index in [4.69, 9.17) is 23.7 Å². The molecule has 1 aliphatic carbocycles. The van der Waals surface area contributed by atoms with Gasteiger partial charge in [0.15, 0.2) is 28.8 Å². The molecule has 3 aromatic carbocycles. The molecule has 5 rings (SSSR count). The van der Waals surface area contributed by atoms with E-state index in [-0.39, 0.29) is 11.7 Å². The predicted octanol–water partition coefficient (Wildman–Crippen LogP) is 5.71. The fraction of sp³-hybridized carbons (Fsp3) is 0.300. The molecular formula is C30H32N2O6. The maximum Gasteiger partial charge on any atom is 0.203 e. The minimum atomic E-state index is -0.463. The maximum absolute atomic E-state index is 14.0. The van der Waals surface area contributed by atoms with Crippen LogP contribution in [-0.4, -0.2) is 41.3 Å². The minimum Gasteiger partial charge on any atom is -0.493 e. The number of Topliss-reactive ketones (excluding diaryl/α,β-unsaturated/α-hetero) is 1. The molecule has 1 heterocycles. The third-order valence-electron chi connectivity index (χ3n) is 7.23. The molecule has 0 saturated carbocycles. The van der Waals surface area contributed by atoms with E-state index in [9.17, 15) is 4.79 Å². The van der Waals surface area contributed by atoms with Crippen LogP contribution in [-0.2, 0) is 4.79 Å². The highest BCUT2D eigenvalue weighted by Gasteiger charge is 2.38. The van der Waals surface area contributed by atoms with E-state index in [1.165, 1.54) is 0 Å². The number of anilines is 2. The highest BCUT2D eigenvalue weighted by atomic mass is 16.5. The molecule has 38 heavy (non-hydrogen) atoms. The lowest BCUT2D eigenvalue weighted by molar-refractivity contribution is -0.116. The maximum atomic E-state index is 14.0. The summed E-state index contributed by atoms with van der Waals surface area (Å²) in [5.74, 6) is 2.89. The molecule has 0 amide bonds. The summed E-state index contributed by atoms with van der Waals surface area (Å²) in [6, 6.07) is 17.1. The minimum absolute atomic E-state index is 0.0215. The van der Waals surface area contributed by atoms with Crippen molar-refractivity contribution in [2.75, 3.05) is 46.2 Å². The zero-order valence-electron chi connectivity index (χ0n) is 22.2. The SMILES string of the molecule is COc1ccc(C2CC(=O)C3=C(C2)Nc2ccccc2NC3c2ccc(OC)c(OC)c2OC)cc1OC. The number of allylic oxidation sites excluding steroid dienone is 1. The first-order valence-corrected chi connectivity index (χ1v) is 12.4. The third-order valence-corrected chi connectivity index (χ3v) is 7.23. The Hall–Kier alpha value is -4.33. The Bertz CT molecular complexity index is 1400. The van der Waals surface area contributed by atoms with E-state index in [1.54, 1.807) is 35.5 Å². The average Bonchev–Trinajstić information content (AvgIpc) is 3.12. The number of ketones is 1. The van der Waals surface area contributed by atoms with E-state index in [0.717, 1.165) is 28.2 Å². The highest BCUT2D eigenvalue weighted by Crippen LogP contribution is 2.49. The number of para-hydroxylation sites is 2. The van der Waals surface area contributed by atoms with Crippen LogP contribution in [0.1, 0.15) is 35.9 Å². The summed E-state index contributed by atoms with van der Waals surface area (Å²) in [6.45, 7) is 0. The van der Waals surface area contributed by atoms with E-state index in [0.29, 0.717) is 47.2 Å². The summed E-state index contributed by atoms with van der Waals surface area (Å²) in [5.41, 5.74) is 5.16. The van der Waals surface area contributed by atoms with E-state index < -0.39 is 6.04 Å². The third kappa shape index (κ3) is 4.36. The van der Waals surface area contributed by atoms with Crippen LogP contribution in [0.25, 0.3) is 0 Å². The molecule has 2 atom stereocenters. The van der Waals surface area contributed by atoms with Crippen molar-refractivity contribution in [3.05, 3.63) is 77.0 Å². The van der Waals surface area contributed by atoms with Gasteiger partial charge in [-0.25, -0.2) is 0 Å². The number of methoxy groups -OCH3 is 5. The monoisotopic (exact) mass is 516 g/mol. The van der Waals surface area contributed by atoms with Gasteiger partial charge in [-0.1, -0.05) is 18.2 Å². The Kier molecular flexibility index (Phi) is 7.05. The number of carbonyl (C=O) groups excluding carboxylic acids is 1. The average molecular weight is 517 g/mol. The first-order valence-electron chi connectivity index (χ1n) is 12.4. The van der Waals surface area contributed by atoms with E-state index in [2.05, 4.69) is 10.6 Å². The molecule has 0 aromatic heterocycles. The lowest BCUT2D eigenvalue weighted by atomic mass is 9.78. The Balaban J connectivity index is 1.64. The zero-order valence-corrected chi connectivity index (χ0v) is 22.2. The second-order valence-corrected chi connectivity index (χ2v) is 9.21. The Morgan fingerprint density at radius 3 is 2.08 bits per heavy atom. The van der Waals surface area contributed by atoms with Crippen LogP contribution in [0.4, 0.5) is 11.4 Å². The molecule has 2 N–H and O–H groups in total. The second-order valence-electron chi connectivity index (χ2n) is 9.21. The molecule has 2 aliphatic rings. The molecule has 0 bridgehead atoms. The first kappa shape index (κ1) is 25.3. The van der Waals surface area contributed by atoms with E-state index in [1.807, 2.05) is 54.6 Å². The highest BCUT2D eigenvalue weighted by molar-refractivity contribution is 6.01. The standard InChI is InChI=1S/C30H32N2O6/c1-34-24-12-10-17(16-26(24)36-3)18-14-22-27(23(33)15-18)28(32-21-9-7-6-8-20(21)31-22)19-11-13-25(35-2)30(38-5)29(19)37-4/h6-13,16,18,28,31-32H,14-15H2,1-5H3. The molecule has 8 heteroatoms. The van der Waals surface area contributed by atoms with Gasteiger partial charge in [-0.15, -0.1) is 0 Å². The van der Waals surface area contributed by atoms with Crippen molar-refractivity contribution in [3.8, 4) is 28.7 Å². The van der Waals surface area contributed by atoms with Crippen molar-refractivity contribution >= 4 is 17.2 Å². The Labute approximate surface area is 222 Å². The molecule has 0 spiro atoms. The number of hydrogen-bond acceptors (Lipinski definition) is 8. The second kappa shape index (κ2) is 10.6. The normalized spacial score (nSPS) is 18.3. The number of nitrogens with one attached hydrogen (secondary N) is 2. The topological polar surface area (TPSA) is 87.3 Å². The van der Waals surface area contributed by atoms with E-state index >= 15 is 0 Å². The van der Waals surface area contributed by atoms with Crippen molar-refractivity contribution in [1.82, 2.24) is 0 Å². The van der Waals surface area contributed by atoms with Crippen LogP contribution in [0.2, 0.25) is 0 Å². The summed E-state index contributed by atoms with van der Waals surface area (Å²) in [6.07, 6.45) is 1.01. The number of ether oxygens (including phenoxy) is 5. The van der Waals surface area contributed by atoms with Crippen molar-refractivity contribution in [2.24, 2.45) is 0 Å². The van der Waals surface area contributed by atoms with Crippen molar-refractivity contribution < 1.29 is 28.5 Å². The van der Waals surface area contributed by atoms with Gasteiger partial charge in [-0.3, -0.25) is 4.79 Å². The van der Waals surface area contributed by atoms with Gasteiger partial charge in [0.25, 0.3) is 0 Å². The smallest absolute Gasteiger partial charge is 0.203 e. The van der Waals surface area contributed by atoms with Crippen LogP contribution < -0.4 is 34.3 Å². The molecule has 3 aromatic rings. The molecule has 0 saturated heterocycles. The summed E-state index contributed by atoms with van der Waals surface area (Å²) in [5, 5.41) is 7.18. The summed E-state index contributed by atoms with van der Waals surface area (Å²) >= 11 is 0. The molecular weight excluding hydrogens is 484 g/mol. The fourth-order valence-electron chi connectivity index (χ4n) is 5.42. The number of carbonyl (C=O) groups is 1. The van der Waals surface area contributed by atoms with Crippen LogP contribution in [0.15, 0.2) is 65.9 Å². The van der Waals surface area contributed by atoms with Gasteiger partial charge in [-0.05, 0) is 54.3 Å². The Morgan fingerprint density at radius 1 is 0.711 bits per heavy atom. The zero-order chi connectivity index (χ0) is 26.8. The molecule has 0 fully saturated rings. The van der Waals surface area contributed by atoms with Gasteiger partial charge in [0, 0.05) is 23.3 Å². The van der Waals surface area contributed by atoms with Gasteiger partial charge in [0.1, 0.15) is 0 Å². The molecule has 198 valence electrons. The van der Waals surface area contributed by atoms with Crippen molar-refractivity contribution in [2.45, 2.75) is 24.8 Å². The van der Waals surface area contributed by atoms with Gasteiger partial charge in [0.2, 0.25) is 5.75 Å². The lowest BCUT2D eigenvalue weighted by Gasteiger charge is -2.31. The molecule has 1 aliphatic heterocycles. The number of rotatable bonds is 7. The van der Waals surface area contributed by atoms with Gasteiger partial charge < -0.3 is 34.3 Å². The molecule has 0 radical (unpaired) electrons. The fourth-order valence-corrected chi connectivity index (χ4v) is 5.42. The van der Waals surface area contributed by atoms with Crippen molar-refractivity contribution in [1.29, 1.82) is 0 Å². The number of fused-ring (bicyclic) bond motifs is 1. The van der Waals surface area contributed by atoms with Crippen LogP contribution in [0, 0.1) is 0 Å². The molecule has 2 unspecified atom stereocenters. The summed E-state index contributed by atoms with van der Waals surface area (Å²) in [7, 11) is 7.98. The van der Waals surface area contributed by atoms with Crippen LogP contribution in [0.3, 0.4) is 0 Å². The first-order chi connectivity index (χ1) is 18.5.